The minimum absolute atomic E-state index is 0.133. The molecule has 0 aromatic carbocycles. The zero-order chi connectivity index (χ0) is 13.8. The van der Waals surface area contributed by atoms with Crippen molar-refractivity contribution >= 4 is 5.97 Å². The number of carbonyl (C=O) groups is 1. The molecule has 2 rings (SSSR count). The van der Waals surface area contributed by atoms with Gasteiger partial charge in [0.1, 0.15) is 6.54 Å². The zero-order valence-electron chi connectivity index (χ0n) is 10.8. The normalized spacial score (nSPS) is 10.7. The van der Waals surface area contributed by atoms with E-state index in [2.05, 4.69) is 15.5 Å². The van der Waals surface area contributed by atoms with Crippen molar-refractivity contribution in [1.82, 2.24) is 20.2 Å². The number of rotatable bonds is 5. The number of nitrogens with two attached hydrogens (primary N) is 1. The summed E-state index contributed by atoms with van der Waals surface area (Å²) in [4.78, 5) is 11.7. The summed E-state index contributed by atoms with van der Waals surface area (Å²) >= 11 is 0. The summed E-state index contributed by atoms with van der Waals surface area (Å²) in [6.45, 7) is 4.27. The van der Waals surface area contributed by atoms with E-state index in [1.807, 2.05) is 6.92 Å². The van der Waals surface area contributed by atoms with Crippen molar-refractivity contribution in [3.05, 3.63) is 28.9 Å². The van der Waals surface area contributed by atoms with Gasteiger partial charge in [-0.3, -0.25) is 0 Å². The predicted octanol–water partition coefficient (Wildman–Crippen LogP) is 0.258. The Hall–Kier alpha value is -2.22. The minimum atomic E-state index is -0.525. The first-order chi connectivity index (χ1) is 9.15. The largest absolute Gasteiger partial charge is 0.461 e. The molecular weight excluding hydrogens is 250 g/mol. The zero-order valence-corrected chi connectivity index (χ0v) is 10.8. The second kappa shape index (κ2) is 5.61. The average molecular weight is 265 g/mol. The Kier molecular flexibility index (Phi) is 3.91. The van der Waals surface area contributed by atoms with Crippen LogP contribution in [0.15, 0.2) is 10.6 Å². The van der Waals surface area contributed by atoms with Gasteiger partial charge in [0.2, 0.25) is 0 Å². The number of nitrogens with zero attached hydrogens (tertiary/aromatic N) is 4. The number of aryl methyl sites for hydroxylation is 1. The van der Waals surface area contributed by atoms with Crippen LogP contribution in [0.3, 0.4) is 0 Å². The van der Waals surface area contributed by atoms with Crippen LogP contribution in [0.1, 0.15) is 34.6 Å². The van der Waals surface area contributed by atoms with Crippen LogP contribution in [0.25, 0.3) is 0 Å². The highest BCUT2D eigenvalue weighted by Gasteiger charge is 2.20. The van der Waals surface area contributed by atoms with Gasteiger partial charge in [-0.25, -0.2) is 9.48 Å². The molecule has 0 unspecified atom stereocenters. The maximum atomic E-state index is 11.7. The topological polar surface area (TPSA) is 109 Å². The lowest BCUT2D eigenvalue weighted by atomic mass is 10.3. The molecule has 0 aliphatic carbocycles. The van der Waals surface area contributed by atoms with Crippen molar-refractivity contribution in [2.75, 3.05) is 6.61 Å². The van der Waals surface area contributed by atoms with Crippen molar-refractivity contribution in [2.24, 2.45) is 5.73 Å². The van der Waals surface area contributed by atoms with Crippen LogP contribution in [-0.2, 0) is 17.8 Å². The van der Waals surface area contributed by atoms with Crippen molar-refractivity contribution in [1.29, 1.82) is 0 Å². The summed E-state index contributed by atoms with van der Waals surface area (Å²) in [6, 6.07) is 1.78. The van der Waals surface area contributed by atoms with E-state index in [9.17, 15) is 4.79 Å². The maximum Gasteiger partial charge on any atom is 0.360 e. The van der Waals surface area contributed by atoms with E-state index >= 15 is 0 Å². The molecule has 8 heteroatoms. The first-order valence-corrected chi connectivity index (χ1v) is 5.87. The van der Waals surface area contributed by atoms with Gasteiger partial charge in [-0.05, 0) is 13.8 Å². The molecule has 102 valence electrons. The summed E-state index contributed by atoms with van der Waals surface area (Å²) in [5.41, 5.74) is 7.05. The average Bonchev–Trinajstić information content (AvgIpc) is 2.96. The van der Waals surface area contributed by atoms with Crippen molar-refractivity contribution in [2.45, 2.75) is 26.9 Å². The summed E-state index contributed by atoms with van der Waals surface area (Å²) in [7, 11) is 0. The second-order valence-electron chi connectivity index (χ2n) is 3.90. The number of carbonyl (C=O) groups excluding carboxylic acids is 1. The lowest BCUT2D eigenvalue weighted by Crippen LogP contribution is -2.14. The van der Waals surface area contributed by atoms with Crippen LogP contribution in [0.2, 0.25) is 0 Å². The molecule has 0 atom stereocenters. The van der Waals surface area contributed by atoms with Gasteiger partial charge in [0.25, 0.3) is 0 Å². The fourth-order valence-corrected chi connectivity index (χ4v) is 1.66. The van der Waals surface area contributed by atoms with Gasteiger partial charge < -0.3 is 15.0 Å². The SMILES string of the molecule is CCOC(=O)c1nnn(Cc2cc(C)no2)c1CN. The van der Waals surface area contributed by atoms with Crippen molar-refractivity contribution in [3.63, 3.8) is 0 Å². The van der Waals surface area contributed by atoms with Crippen LogP contribution in [0.5, 0.6) is 0 Å². The molecule has 0 radical (unpaired) electrons. The second-order valence-corrected chi connectivity index (χ2v) is 3.90. The maximum absolute atomic E-state index is 11.7. The van der Waals surface area contributed by atoms with Crippen molar-refractivity contribution in [3.8, 4) is 0 Å². The lowest BCUT2D eigenvalue weighted by molar-refractivity contribution is 0.0518. The molecule has 0 bridgehead atoms. The van der Waals surface area contributed by atoms with Crippen LogP contribution < -0.4 is 5.73 Å². The van der Waals surface area contributed by atoms with E-state index in [0.29, 0.717) is 18.0 Å². The summed E-state index contributed by atoms with van der Waals surface area (Å²) in [5.74, 6) is 0.0930. The predicted molar refractivity (Wildman–Crippen MR) is 64.2 cm³/mol. The molecule has 0 amide bonds. The van der Waals surface area contributed by atoms with Crippen LogP contribution in [-0.4, -0.2) is 32.7 Å². The van der Waals surface area contributed by atoms with E-state index in [1.165, 1.54) is 4.68 Å². The van der Waals surface area contributed by atoms with Gasteiger partial charge >= 0.3 is 5.97 Å². The fourth-order valence-electron chi connectivity index (χ4n) is 1.66. The van der Waals surface area contributed by atoms with Gasteiger partial charge in [0.05, 0.1) is 18.0 Å². The first kappa shape index (κ1) is 13.2. The van der Waals surface area contributed by atoms with Gasteiger partial charge in [0.15, 0.2) is 11.5 Å². The molecule has 8 nitrogen and oxygen atoms in total. The molecule has 19 heavy (non-hydrogen) atoms. The number of hydrogen-bond acceptors (Lipinski definition) is 7. The molecule has 0 aliphatic heterocycles. The molecule has 0 fully saturated rings. The monoisotopic (exact) mass is 265 g/mol. The molecule has 0 aliphatic rings. The Morgan fingerprint density at radius 3 is 2.95 bits per heavy atom. The van der Waals surface area contributed by atoms with Crippen LogP contribution in [0, 0.1) is 6.92 Å². The highest BCUT2D eigenvalue weighted by atomic mass is 16.5. The third-order valence-corrected chi connectivity index (χ3v) is 2.48. The van der Waals surface area contributed by atoms with Gasteiger partial charge in [-0.15, -0.1) is 5.10 Å². The molecule has 2 aromatic heterocycles. The molecule has 2 heterocycles. The van der Waals surface area contributed by atoms with E-state index in [-0.39, 0.29) is 18.8 Å². The third-order valence-electron chi connectivity index (χ3n) is 2.48. The Morgan fingerprint density at radius 2 is 2.37 bits per heavy atom. The quantitative estimate of drug-likeness (QED) is 0.772. The molecule has 0 saturated carbocycles. The summed E-state index contributed by atoms with van der Waals surface area (Å²) in [5, 5.41) is 11.5. The van der Waals surface area contributed by atoms with E-state index in [4.69, 9.17) is 15.0 Å². The van der Waals surface area contributed by atoms with Gasteiger partial charge in [-0.2, -0.15) is 0 Å². The van der Waals surface area contributed by atoms with E-state index in [0.717, 1.165) is 5.69 Å². The third kappa shape index (κ3) is 2.79. The number of hydrogen-bond donors (Lipinski definition) is 1. The lowest BCUT2D eigenvalue weighted by Gasteiger charge is -2.03. The Balaban J connectivity index is 2.24. The van der Waals surface area contributed by atoms with E-state index < -0.39 is 5.97 Å². The van der Waals surface area contributed by atoms with Crippen molar-refractivity contribution < 1.29 is 14.1 Å². The Labute approximate surface area is 109 Å². The molecular formula is C11H15N5O3. The molecule has 2 N–H and O–H groups in total. The van der Waals surface area contributed by atoms with Crippen LogP contribution >= 0.6 is 0 Å². The number of esters is 1. The highest BCUT2D eigenvalue weighted by molar-refractivity contribution is 5.88. The first-order valence-electron chi connectivity index (χ1n) is 5.87. The Morgan fingerprint density at radius 1 is 1.58 bits per heavy atom. The standard InChI is InChI=1S/C11H15N5O3/c1-3-18-11(17)10-9(5-12)16(15-13-10)6-8-4-7(2)14-19-8/h4H,3,5-6,12H2,1-2H3. The Bertz CT molecular complexity index is 575. The summed E-state index contributed by atoms with van der Waals surface area (Å²) < 4.78 is 11.5. The molecule has 0 saturated heterocycles. The van der Waals surface area contributed by atoms with Gasteiger partial charge in [-0.1, -0.05) is 10.4 Å². The number of ether oxygens (including phenoxy) is 1. The number of aromatic nitrogens is 4. The molecule has 2 aromatic rings. The fraction of sp³-hybridized carbons (Fsp3) is 0.455. The highest BCUT2D eigenvalue weighted by Crippen LogP contribution is 2.10. The van der Waals surface area contributed by atoms with Gasteiger partial charge in [0, 0.05) is 12.6 Å². The minimum Gasteiger partial charge on any atom is -0.461 e. The molecule has 0 spiro atoms. The smallest absolute Gasteiger partial charge is 0.360 e. The van der Waals surface area contributed by atoms with Crippen LogP contribution in [0.4, 0.5) is 0 Å². The summed E-state index contributed by atoms with van der Waals surface area (Å²) in [6.07, 6.45) is 0. The van der Waals surface area contributed by atoms with E-state index in [1.54, 1.807) is 13.0 Å².